The number of amides is 1. The highest BCUT2D eigenvalue weighted by atomic mass is 19.2. The van der Waals surface area contributed by atoms with Crippen molar-refractivity contribution < 1.29 is 22.8 Å². The van der Waals surface area contributed by atoms with Gasteiger partial charge in [0.1, 0.15) is 17.2 Å². The summed E-state index contributed by atoms with van der Waals surface area (Å²) < 4.78 is 42.2. The van der Waals surface area contributed by atoms with Crippen molar-refractivity contribution in [2.75, 3.05) is 5.32 Å². The lowest BCUT2D eigenvalue weighted by molar-refractivity contribution is 0.000283. The molecule has 0 saturated heterocycles. The first-order chi connectivity index (χ1) is 13.3. The fourth-order valence-electron chi connectivity index (χ4n) is 2.53. The maximum atomic E-state index is 14.0. The molecule has 3 aromatic rings. The van der Waals surface area contributed by atoms with Crippen LogP contribution in [0.5, 0.6) is 0 Å². The highest BCUT2D eigenvalue weighted by Gasteiger charge is 2.19. The average molecular weight is 393 g/mol. The summed E-state index contributed by atoms with van der Waals surface area (Å²) in [5.74, 6) is -3.56. The van der Waals surface area contributed by atoms with Gasteiger partial charge in [-0.25, -0.2) is 28.2 Å². The van der Waals surface area contributed by atoms with Crippen LogP contribution in [0.2, 0.25) is 0 Å². The number of hydrogen-bond donors (Lipinski definition) is 2. The van der Waals surface area contributed by atoms with Crippen LogP contribution in [0.15, 0.2) is 30.6 Å². The monoisotopic (exact) mass is 393 g/mol. The zero-order valence-electron chi connectivity index (χ0n) is 15.3. The van der Waals surface area contributed by atoms with Crippen LogP contribution in [0.1, 0.15) is 42.7 Å². The lowest BCUT2D eigenvalue weighted by Crippen LogP contribution is -2.27. The van der Waals surface area contributed by atoms with Gasteiger partial charge < -0.3 is 5.32 Å². The van der Waals surface area contributed by atoms with Gasteiger partial charge in [0.2, 0.25) is 0 Å². The summed E-state index contributed by atoms with van der Waals surface area (Å²) in [6.07, 6.45) is 2.66. The molecule has 0 aliphatic carbocycles. The second-order valence-corrected chi connectivity index (χ2v) is 6.39. The number of anilines is 1. The minimum atomic E-state index is -1.27. The lowest BCUT2D eigenvalue weighted by atomic mass is 10.1. The predicted octanol–water partition coefficient (Wildman–Crippen LogP) is 3.39. The number of fused-ring (bicyclic) bond motifs is 1. The molecule has 3 rings (SSSR count). The van der Waals surface area contributed by atoms with Gasteiger partial charge in [-0.1, -0.05) is 0 Å². The molecule has 2 N–H and O–H groups in total. The molecule has 0 aliphatic rings. The first-order valence-corrected chi connectivity index (χ1v) is 8.47. The summed E-state index contributed by atoms with van der Waals surface area (Å²) in [6.45, 7) is 5.04. The Morgan fingerprint density at radius 2 is 1.96 bits per heavy atom. The zero-order chi connectivity index (χ0) is 20.4. The Kier molecular flexibility index (Phi) is 5.50. The highest BCUT2D eigenvalue weighted by molar-refractivity contribution is 5.99. The van der Waals surface area contributed by atoms with Crippen molar-refractivity contribution in [1.29, 1.82) is 0 Å². The third-order valence-electron chi connectivity index (χ3n) is 3.85. The van der Waals surface area contributed by atoms with Gasteiger partial charge in [0, 0.05) is 17.8 Å². The molecule has 1 atom stereocenters. The van der Waals surface area contributed by atoms with Crippen LogP contribution in [0, 0.1) is 17.5 Å². The van der Waals surface area contributed by atoms with Gasteiger partial charge in [0.05, 0.1) is 18.3 Å². The van der Waals surface area contributed by atoms with E-state index in [2.05, 4.69) is 20.9 Å². The van der Waals surface area contributed by atoms with Crippen LogP contribution in [0.4, 0.5) is 19.0 Å². The predicted molar refractivity (Wildman–Crippen MR) is 95.0 cm³/mol. The normalized spacial score (nSPS) is 12.4. The summed E-state index contributed by atoms with van der Waals surface area (Å²) in [6, 6.07) is 2.14. The fraction of sp³-hybridized carbons (Fsp3) is 0.278. The molecule has 28 heavy (non-hydrogen) atoms. The largest absolute Gasteiger partial charge is 0.363 e. The summed E-state index contributed by atoms with van der Waals surface area (Å²) in [5.41, 5.74) is 2.51. The maximum Gasteiger partial charge on any atom is 0.280 e. The number of carbonyl (C=O) groups is 1. The number of benzene rings is 1. The Bertz CT molecular complexity index is 1020. The molecule has 0 bridgehead atoms. The standard InChI is InChI=1S/C18H18F3N5O2/c1-9(2)28-25-18(27)13-8-22-26-5-4-15(24-17(13)26)23-10(3)12-6-11(19)7-14(20)16(12)21/h4-10H,1-3H3,(H,23,24)(H,25,27)/t10-/m1/s1. The van der Waals surface area contributed by atoms with Gasteiger partial charge in [-0.3, -0.25) is 9.63 Å². The van der Waals surface area contributed by atoms with Crippen molar-refractivity contribution in [3.05, 3.63) is 59.2 Å². The smallest absolute Gasteiger partial charge is 0.280 e. The minimum absolute atomic E-state index is 0.167. The Balaban J connectivity index is 1.86. The van der Waals surface area contributed by atoms with Crippen LogP contribution >= 0.6 is 0 Å². The number of nitrogens with one attached hydrogen (secondary N) is 2. The Morgan fingerprint density at radius 1 is 1.21 bits per heavy atom. The van der Waals surface area contributed by atoms with Crippen LogP contribution in [0.25, 0.3) is 5.65 Å². The van der Waals surface area contributed by atoms with E-state index in [1.54, 1.807) is 20.0 Å². The maximum absolute atomic E-state index is 14.0. The third-order valence-corrected chi connectivity index (χ3v) is 3.85. The van der Waals surface area contributed by atoms with E-state index in [1.807, 2.05) is 0 Å². The van der Waals surface area contributed by atoms with Gasteiger partial charge in [-0.2, -0.15) is 5.10 Å². The summed E-state index contributed by atoms with van der Waals surface area (Å²) in [4.78, 5) is 21.6. The molecule has 1 amide bonds. The molecule has 0 unspecified atom stereocenters. The van der Waals surface area contributed by atoms with E-state index in [0.717, 1.165) is 6.07 Å². The van der Waals surface area contributed by atoms with Crippen molar-refractivity contribution in [2.24, 2.45) is 0 Å². The quantitative estimate of drug-likeness (QED) is 0.496. The molecule has 2 aromatic heterocycles. The summed E-state index contributed by atoms with van der Waals surface area (Å²) in [7, 11) is 0. The molecule has 148 valence electrons. The van der Waals surface area contributed by atoms with Crippen LogP contribution in [0.3, 0.4) is 0 Å². The number of nitrogens with zero attached hydrogens (tertiary/aromatic N) is 3. The van der Waals surface area contributed by atoms with Crippen molar-refractivity contribution >= 4 is 17.4 Å². The first-order valence-electron chi connectivity index (χ1n) is 8.47. The summed E-state index contributed by atoms with van der Waals surface area (Å²) >= 11 is 0. The van der Waals surface area contributed by atoms with Gasteiger partial charge in [-0.15, -0.1) is 0 Å². The van der Waals surface area contributed by atoms with Crippen LogP contribution < -0.4 is 10.8 Å². The van der Waals surface area contributed by atoms with E-state index in [0.29, 0.717) is 6.07 Å². The van der Waals surface area contributed by atoms with Gasteiger partial charge >= 0.3 is 0 Å². The zero-order valence-corrected chi connectivity index (χ0v) is 15.3. The number of hydrogen-bond acceptors (Lipinski definition) is 5. The molecule has 7 nitrogen and oxygen atoms in total. The number of aromatic nitrogens is 3. The molecule has 10 heteroatoms. The second-order valence-electron chi connectivity index (χ2n) is 6.39. The third kappa shape index (κ3) is 4.06. The van der Waals surface area contributed by atoms with Gasteiger partial charge in [-0.05, 0) is 32.9 Å². The van der Waals surface area contributed by atoms with Crippen molar-refractivity contribution in [2.45, 2.75) is 32.9 Å². The molecular weight excluding hydrogens is 375 g/mol. The van der Waals surface area contributed by atoms with Crippen molar-refractivity contribution in [3.63, 3.8) is 0 Å². The summed E-state index contributed by atoms with van der Waals surface area (Å²) in [5, 5.41) is 6.90. The minimum Gasteiger partial charge on any atom is -0.363 e. The molecule has 0 spiro atoms. The SMILES string of the molecule is CC(C)ONC(=O)c1cnn2ccc(N[C@H](C)c3cc(F)cc(F)c3F)nc12. The molecule has 2 heterocycles. The van der Waals surface area contributed by atoms with E-state index in [9.17, 15) is 18.0 Å². The van der Waals surface area contributed by atoms with E-state index < -0.39 is 29.4 Å². The number of rotatable bonds is 6. The lowest BCUT2D eigenvalue weighted by Gasteiger charge is -2.16. The van der Waals surface area contributed by atoms with E-state index >= 15 is 0 Å². The molecular formula is C18H18F3N5O2. The van der Waals surface area contributed by atoms with E-state index in [1.165, 1.54) is 23.7 Å². The number of carbonyl (C=O) groups excluding carboxylic acids is 1. The number of halogens is 3. The van der Waals surface area contributed by atoms with Crippen molar-refractivity contribution in [3.8, 4) is 0 Å². The molecule has 0 radical (unpaired) electrons. The van der Waals surface area contributed by atoms with Gasteiger partial charge in [0.25, 0.3) is 5.91 Å². The first kappa shape index (κ1) is 19.6. The van der Waals surface area contributed by atoms with E-state index in [-0.39, 0.29) is 28.7 Å². The Morgan fingerprint density at radius 3 is 2.68 bits per heavy atom. The van der Waals surface area contributed by atoms with E-state index in [4.69, 9.17) is 4.84 Å². The van der Waals surface area contributed by atoms with Crippen LogP contribution in [-0.4, -0.2) is 26.6 Å². The van der Waals surface area contributed by atoms with Gasteiger partial charge in [0.15, 0.2) is 17.3 Å². The molecule has 0 fully saturated rings. The highest BCUT2D eigenvalue weighted by Crippen LogP contribution is 2.24. The Hall–Kier alpha value is -3.14. The topological polar surface area (TPSA) is 80.5 Å². The molecule has 0 aliphatic heterocycles. The van der Waals surface area contributed by atoms with Crippen LogP contribution in [-0.2, 0) is 4.84 Å². The average Bonchev–Trinajstić information content (AvgIpc) is 3.05. The molecule has 0 saturated carbocycles. The Labute approximate surface area is 158 Å². The fourth-order valence-corrected chi connectivity index (χ4v) is 2.53. The number of hydroxylamine groups is 1. The molecule has 1 aromatic carbocycles. The van der Waals surface area contributed by atoms with Crippen molar-refractivity contribution in [1.82, 2.24) is 20.1 Å². The second kappa shape index (κ2) is 7.85.